The zero-order valence-electron chi connectivity index (χ0n) is 34.6. The van der Waals surface area contributed by atoms with Crippen LogP contribution in [0.1, 0.15) is 77.9 Å². The van der Waals surface area contributed by atoms with E-state index in [0.717, 1.165) is 0 Å². The van der Waals surface area contributed by atoms with Crippen LogP contribution < -0.4 is 17.6 Å². The van der Waals surface area contributed by atoms with Gasteiger partial charge in [0, 0.05) is 0 Å². The molecule has 1 saturated heterocycles. The summed E-state index contributed by atoms with van der Waals surface area (Å²) >= 11 is -8.65. The summed E-state index contributed by atoms with van der Waals surface area (Å²) in [5.74, 6) is 0. The number of nitrogens with zero attached hydrogens (tertiary/aromatic N) is 1. The summed E-state index contributed by atoms with van der Waals surface area (Å²) < 4.78 is 17.5. The minimum atomic E-state index is -4.40. The Hall–Kier alpha value is -3.67. The van der Waals surface area contributed by atoms with E-state index in [9.17, 15) is 2.79 Å². The third-order valence-electron chi connectivity index (χ3n) is 12.8. The van der Waals surface area contributed by atoms with Gasteiger partial charge in [-0.25, -0.2) is 0 Å². The van der Waals surface area contributed by atoms with E-state index in [0.29, 0.717) is 0 Å². The second kappa shape index (κ2) is 12.9. The first kappa shape index (κ1) is 37.3. The van der Waals surface area contributed by atoms with Crippen molar-refractivity contribution in [3.05, 3.63) is 175 Å². The van der Waals surface area contributed by atoms with Gasteiger partial charge in [-0.1, -0.05) is 0 Å². The van der Waals surface area contributed by atoms with Crippen LogP contribution in [0.15, 0.2) is 97.1 Å². The molecule has 274 valence electrons. The second-order valence-corrected chi connectivity index (χ2v) is 32.2. The average Bonchev–Trinajstić information content (AvgIpc) is 3.48. The van der Waals surface area contributed by atoms with Gasteiger partial charge < -0.3 is 0 Å². The molecule has 1 spiro atoms. The van der Waals surface area contributed by atoms with Gasteiger partial charge in [-0.2, -0.15) is 0 Å². The van der Waals surface area contributed by atoms with Crippen molar-refractivity contribution in [2.75, 3.05) is 7.05 Å². The van der Waals surface area contributed by atoms with Crippen molar-refractivity contribution in [3.63, 3.8) is 0 Å². The molecule has 1 fully saturated rings. The van der Waals surface area contributed by atoms with E-state index in [1.165, 1.54) is 107 Å². The van der Waals surface area contributed by atoms with Crippen LogP contribution >= 0.6 is 0 Å². The van der Waals surface area contributed by atoms with Crippen molar-refractivity contribution in [2.24, 2.45) is 0 Å². The second-order valence-electron chi connectivity index (χ2n) is 16.9. The SMILES string of the molecule is Cc1cc(C)[c]([Ge]2([c]3c(C)cc(C)cc3C)[O][Ge]([c]3c(C)cc(C)cc3C)([c]3c(C)cc(C)cc3C)[C]3(c4ccccc4-c4ccccc43)[N]2C)c(C)c1. The zero-order chi connectivity index (χ0) is 38.6. The number of benzene rings is 6. The first-order chi connectivity index (χ1) is 25.6. The number of hydrogen-bond donors (Lipinski definition) is 0. The Labute approximate surface area is 330 Å². The molecule has 8 rings (SSSR count). The molecule has 2 nitrogen and oxygen atoms in total. The quantitative estimate of drug-likeness (QED) is 0.165. The van der Waals surface area contributed by atoms with Crippen LogP contribution in [0.2, 0.25) is 0 Å². The van der Waals surface area contributed by atoms with E-state index < -0.39 is 31.8 Å². The molecule has 1 aliphatic carbocycles. The summed E-state index contributed by atoms with van der Waals surface area (Å²) in [5.41, 5.74) is 21.5. The molecule has 1 aliphatic heterocycles. The molecule has 0 saturated carbocycles. The Morgan fingerprint density at radius 3 is 1.00 bits per heavy atom. The molecule has 0 bridgehead atoms. The van der Waals surface area contributed by atoms with Crippen LogP contribution in [0.25, 0.3) is 11.1 Å². The van der Waals surface area contributed by atoms with Crippen molar-refractivity contribution in [3.8, 4) is 11.1 Å². The molecule has 0 aromatic heterocycles. The molecule has 4 heteroatoms. The summed E-state index contributed by atoms with van der Waals surface area (Å²) in [6.07, 6.45) is 0. The molecular weight excluding hydrogens is 776 g/mol. The maximum absolute atomic E-state index is 9.25. The molecule has 0 amide bonds. The van der Waals surface area contributed by atoms with Gasteiger partial charge in [0.25, 0.3) is 0 Å². The van der Waals surface area contributed by atoms with Gasteiger partial charge in [0.2, 0.25) is 0 Å². The number of hydrogen-bond acceptors (Lipinski definition) is 2. The molecule has 6 aromatic carbocycles. The first-order valence-electron chi connectivity index (χ1n) is 19.6. The Balaban J connectivity index is 1.74. The Morgan fingerprint density at radius 1 is 0.407 bits per heavy atom. The van der Waals surface area contributed by atoms with Gasteiger partial charge in [0.15, 0.2) is 0 Å². The molecular formula is C50H55Ge2NO. The molecule has 0 N–H and O–H groups in total. The van der Waals surface area contributed by atoms with Crippen LogP contribution in [0.3, 0.4) is 0 Å². The predicted octanol–water partition coefficient (Wildman–Crippen LogP) is 9.13. The first-order valence-corrected chi connectivity index (χ1v) is 27.5. The topological polar surface area (TPSA) is 12.5 Å². The van der Waals surface area contributed by atoms with Crippen LogP contribution in [-0.4, -0.2) is 38.3 Å². The standard InChI is InChI=1S/C50H55Ge2NO/c1-30-22-34(5)46(35(6)23-30)51(47-36(7)24-31(2)25-37(47)8)50(44-20-16-14-18-42(44)43-19-15-17-21-45(43)50)53(13)52(54-51,48-38(9)26-32(3)27-39(48)10)49-40(11)28-33(4)29-41(49)12/h14-29H,1-13H3. The van der Waals surface area contributed by atoms with E-state index >= 15 is 0 Å². The molecule has 2 aliphatic rings. The number of rotatable bonds is 4. The molecule has 0 atom stereocenters. The van der Waals surface area contributed by atoms with Crippen molar-refractivity contribution >= 4 is 45.0 Å². The third-order valence-corrected chi connectivity index (χ3v) is 40.7. The van der Waals surface area contributed by atoms with Gasteiger partial charge >= 0.3 is 332 Å². The molecule has 54 heavy (non-hydrogen) atoms. The van der Waals surface area contributed by atoms with E-state index in [4.69, 9.17) is 0 Å². The predicted molar refractivity (Wildman–Crippen MR) is 234 cm³/mol. The Morgan fingerprint density at radius 2 is 0.685 bits per heavy atom. The van der Waals surface area contributed by atoms with Crippen LogP contribution in [0.4, 0.5) is 0 Å². The van der Waals surface area contributed by atoms with Gasteiger partial charge in [-0.3, -0.25) is 0 Å². The van der Waals surface area contributed by atoms with Crippen molar-refractivity contribution in [2.45, 2.75) is 87.5 Å². The summed E-state index contributed by atoms with van der Waals surface area (Å²) in [5, 5.41) is 0. The maximum atomic E-state index is 9.25. The monoisotopic (exact) mass is 833 g/mol. The van der Waals surface area contributed by atoms with Crippen LogP contribution in [-0.2, 0) is 7.16 Å². The number of aryl methyl sites for hydroxylation is 12. The Kier molecular flexibility index (Phi) is 8.93. The fourth-order valence-electron chi connectivity index (χ4n) is 11.8. The van der Waals surface area contributed by atoms with Crippen LogP contribution in [0, 0.1) is 83.1 Å². The van der Waals surface area contributed by atoms with E-state index in [1.807, 2.05) is 0 Å². The van der Waals surface area contributed by atoms with Gasteiger partial charge in [0.05, 0.1) is 0 Å². The normalized spacial score (nSPS) is 16.5. The van der Waals surface area contributed by atoms with E-state index in [2.05, 4.69) is 191 Å². The van der Waals surface area contributed by atoms with Gasteiger partial charge in [0.1, 0.15) is 0 Å². The fourth-order valence-corrected chi connectivity index (χ4v) is 49.4. The van der Waals surface area contributed by atoms with E-state index in [1.54, 1.807) is 0 Å². The van der Waals surface area contributed by atoms with Crippen molar-refractivity contribution in [1.82, 2.24) is 3.86 Å². The van der Waals surface area contributed by atoms with Crippen molar-refractivity contribution < 1.29 is 2.79 Å². The Bertz CT molecular complexity index is 2290. The van der Waals surface area contributed by atoms with E-state index in [-0.39, 0.29) is 0 Å². The van der Waals surface area contributed by atoms with Crippen molar-refractivity contribution in [1.29, 1.82) is 0 Å². The summed E-state index contributed by atoms with van der Waals surface area (Å²) in [6, 6.07) is 38.2. The molecule has 0 unspecified atom stereocenters. The van der Waals surface area contributed by atoms with Gasteiger partial charge in [-0.05, 0) is 0 Å². The number of fused-ring (bicyclic) bond motifs is 5. The summed E-state index contributed by atoms with van der Waals surface area (Å²) in [4.78, 5) is 0. The summed E-state index contributed by atoms with van der Waals surface area (Å²) in [7, 11) is 2.50. The zero-order valence-corrected chi connectivity index (χ0v) is 38.8. The average molecular weight is 831 g/mol. The minimum absolute atomic E-state index is 0.531. The van der Waals surface area contributed by atoms with Gasteiger partial charge in [-0.15, -0.1) is 0 Å². The molecule has 0 radical (unpaired) electrons. The third kappa shape index (κ3) is 4.85. The fraction of sp³-hybridized carbons (Fsp3) is 0.280. The molecule has 1 heterocycles. The summed E-state index contributed by atoms with van der Waals surface area (Å²) in [6.45, 7) is 28.0. The molecule has 6 aromatic rings. The van der Waals surface area contributed by atoms with Crippen LogP contribution in [0.5, 0.6) is 0 Å².